The van der Waals surface area contributed by atoms with E-state index in [1.807, 2.05) is 7.11 Å². The van der Waals surface area contributed by atoms with Crippen LogP contribution in [0.4, 0.5) is 0 Å². The summed E-state index contributed by atoms with van der Waals surface area (Å²) < 4.78 is 6.67. The van der Waals surface area contributed by atoms with Crippen LogP contribution < -0.4 is 0 Å². The SMILES string of the molecule is CCCCCCCC(CCCCCC)OC.CCCCCCCCCCCCCCCC[N+](C)(CCCO)CCCCCCCC=O.O=CO. The molecule has 2 atom stereocenters. The molecule has 0 aliphatic rings. The minimum absolute atomic E-state index is 0.250. The summed E-state index contributed by atoms with van der Waals surface area (Å²) in [6.45, 7) is 10.5. The monoisotopic (exact) mass is 715 g/mol. The van der Waals surface area contributed by atoms with Gasteiger partial charge in [0.05, 0.1) is 32.8 Å². The smallest absolute Gasteiger partial charge is 0.290 e. The summed E-state index contributed by atoms with van der Waals surface area (Å²) in [4.78, 5) is 18.7. The van der Waals surface area contributed by atoms with E-state index in [1.54, 1.807) is 0 Å². The Morgan fingerprint density at radius 3 is 1.14 bits per heavy atom. The van der Waals surface area contributed by atoms with Gasteiger partial charge in [0.15, 0.2) is 0 Å². The van der Waals surface area contributed by atoms with Crippen LogP contribution in [0.15, 0.2) is 0 Å². The topological polar surface area (TPSA) is 83.8 Å². The van der Waals surface area contributed by atoms with Crippen LogP contribution >= 0.6 is 0 Å². The van der Waals surface area contributed by atoms with Crippen LogP contribution in [0.5, 0.6) is 0 Å². The van der Waals surface area contributed by atoms with Gasteiger partial charge in [0, 0.05) is 26.6 Å². The molecule has 6 heteroatoms. The lowest BCUT2D eigenvalue weighted by atomic mass is 10.0. The Labute approximate surface area is 313 Å². The predicted octanol–water partition coefficient (Wildman–Crippen LogP) is 12.9. The van der Waals surface area contributed by atoms with Crippen LogP contribution in [0.3, 0.4) is 0 Å². The maximum Gasteiger partial charge on any atom is 0.290 e. The molecule has 0 aromatic carbocycles. The summed E-state index contributed by atoms with van der Waals surface area (Å²) >= 11 is 0. The van der Waals surface area contributed by atoms with Gasteiger partial charge in [-0.15, -0.1) is 0 Å². The highest BCUT2D eigenvalue weighted by Gasteiger charge is 2.20. The first-order valence-corrected chi connectivity index (χ1v) is 21.9. The number of quaternary nitrogens is 1. The summed E-state index contributed by atoms with van der Waals surface area (Å²) in [5.41, 5.74) is 0. The number of carboxylic acid groups (broad SMARTS) is 1. The van der Waals surface area contributed by atoms with Crippen molar-refractivity contribution in [1.29, 1.82) is 0 Å². The molecule has 2 unspecified atom stereocenters. The largest absolute Gasteiger partial charge is 0.483 e. The van der Waals surface area contributed by atoms with Crippen LogP contribution in [0.2, 0.25) is 0 Å². The van der Waals surface area contributed by atoms with Gasteiger partial charge in [-0.2, -0.15) is 0 Å². The molecular formula is C44H92NO5+. The summed E-state index contributed by atoms with van der Waals surface area (Å²) in [5, 5.41) is 16.2. The lowest BCUT2D eigenvalue weighted by molar-refractivity contribution is -0.910. The Morgan fingerprint density at radius 2 is 0.800 bits per heavy atom. The third-order valence-corrected chi connectivity index (χ3v) is 10.3. The quantitative estimate of drug-likeness (QED) is 0.0378. The Balaban J connectivity index is -0.000000969. The highest BCUT2D eigenvalue weighted by atomic mass is 16.5. The van der Waals surface area contributed by atoms with Gasteiger partial charge in [-0.05, 0) is 44.9 Å². The standard InChI is InChI=1S/C28H58NO2.C15H32O.CH2O2/c1-3-4-5-6-7-8-9-10-11-12-13-14-17-20-24-29(2,26-23-28-31)25-21-18-15-16-19-22-27-30;1-4-6-8-10-12-14-15(16-3)13-11-9-7-5-2;2-1-3/h27,31H,3-26,28H2,1-2H3;15H,4-14H2,1-3H3;1H,(H,2,3)/q+1;;. The van der Waals surface area contributed by atoms with E-state index in [0.717, 1.165) is 36.6 Å². The van der Waals surface area contributed by atoms with Gasteiger partial charge in [-0.3, -0.25) is 4.79 Å². The fraction of sp³-hybridized carbons (Fsp3) is 0.955. The molecule has 0 rings (SSSR count). The molecule has 0 aliphatic heterocycles. The summed E-state index contributed by atoms with van der Waals surface area (Å²) in [7, 11) is 4.26. The van der Waals surface area contributed by atoms with Gasteiger partial charge < -0.3 is 24.2 Å². The number of aldehydes is 1. The minimum Gasteiger partial charge on any atom is -0.483 e. The zero-order valence-electron chi connectivity index (χ0n) is 34.8. The number of nitrogens with zero attached hydrogens (tertiary/aromatic N) is 1. The number of ether oxygens (including phenoxy) is 1. The lowest BCUT2D eigenvalue weighted by Gasteiger charge is -2.35. The van der Waals surface area contributed by atoms with E-state index >= 15 is 0 Å². The van der Waals surface area contributed by atoms with E-state index in [4.69, 9.17) is 14.6 Å². The first kappa shape index (κ1) is 53.4. The fourth-order valence-corrected chi connectivity index (χ4v) is 6.88. The maximum absolute atomic E-state index is 10.4. The molecular weight excluding hydrogens is 622 g/mol. The molecule has 0 aliphatic carbocycles. The Hall–Kier alpha value is -0.980. The van der Waals surface area contributed by atoms with E-state index in [9.17, 15) is 9.90 Å². The van der Waals surface area contributed by atoms with Crippen LogP contribution in [-0.2, 0) is 14.3 Å². The van der Waals surface area contributed by atoms with E-state index in [0.29, 0.717) is 12.7 Å². The van der Waals surface area contributed by atoms with E-state index in [-0.39, 0.29) is 6.47 Å². The van der Waals surface area contributed by atoms with Crippen molar-refractivity contribution >= 4 is 12.8 Å². The predicted molar refractivity (Wildman–Crippen MR) is 218 cm³/mol. The van der Waals surface area contributed by atoms with Gasteiger partial charge in [0.2, 0.25) is 0 Å². The lowest BCUT2D eigenvalue weighted by Crippen LogP contribution is -2.46. The normalized spacial score (nSPS) is 12.7. The molecule has 6 nitrogen and oxygen atoms in total. The zero-order valence-corrected chi connectivity index (χ0v) is 34.8. The number of carbonyl (C=O) groups is 2. The van der Waals surface area contributed by atoms with Crippen LogP contribution in [-0.4, -0.2) is 74.0 Å². The van der Waals surface area contributed by atoms with Crippen molar-refractivity contribution in [3.05, 3.63) is 0 Å². The number of hydrogen-bond donors (Lipinski definition) is 2. The average molecular weight is 715 g/mol. The number of aliphatic hydroxyl groups excluding tert-OH is 1. The molecule has 50 heavy (non-hydrogen) atoms. The molecule has 0 radical (unpaired) electrons. The van der Waals surface area contributed by atoms with E-state index < -0.39 is 0 Å². The van der Waals surface area contributed by atoms with Crippen molar-refractivity contribution in [1.82, 2.24) is 0 Å². The van der Waals surface area contributed by atoms with Crippen molar-refractivity contribution < 1.29 is 29.0 Å². The second kappa shape index (κ2) is 48.0. The fourth-order valence-electron chi connectivity index (χ4n) is 6.88. The maximum atomic E-state index is 10.4. The van der Waals surface area contributed by atoms with Crippen molar-refractivity contribution in [2.45, 2.75) is 232 Å². The van der Waals surface area contributed by atoms with Crippen molar-refractivity contribution in [3.8, 4) is 0 Å². The Kier molecular flexibility index (Phi) is 51.3. The molecule has 0 aromatic heterocycles. The van der Waals surface area contributed by atoms with E-state index in [1.165, 1.54) is 199 Å². The average Bonchev–Trinajstić information content (AvgIpc) is 3.12. The number of carbonyl (C=O) groups excluding carboxylic acids is 1. The molecule has 302 valence electrons. The molecule has 0 aromatic rings. The molecule has 0 spiro atoms. The van der Waals surface area contributed by atoms with E-state index in [2.05, 4.69) is 27.8 Å². The van der Waals surface area contributed by atoms with Crippen molar-refractivity contribution in [2.24, 2.45) is 0 Å². The number of hydrogen-bond acceptors (Lipinski definition) is 4. The molecule has 0 heterocycles. The van der Waals surface area contributed by atoms with Crippen molar-refractivity contribution in [2.75, 3.05) is 40.4 Å². The van der Waals surface area contributed by atoms with Crippen LogP contribution in [0, 0.1) is 0 Å². The highest BCUT2D eigenvalue weighted by Crippen LogP contribution is 2.17. The third-order valence-electron chi connectivity index (χ3n) is 10.3. The minimum atomic E-state index is -0.250. The summed E-state index contributed by atoms with van der Waals surface area (Å²) in [6, 6.07) is 0. The summed E-state index contributed by atoms with van der Waals surface area (Å²) in [6.07, 6.45) is 44.0. The zero-order chi connectivity index (χ0) is 37.7. The van der Waals surface area contributed by atoms with Gasteiger partial charge in [0.1, 0.15) is 6.29 Å². The second-order valence-corrected chi connectivity index (χ2v) is 15.2. The first-order valence-electron chi connectivity index (χ1n) is 21.9. The van der Waals surface area contributed by atoms with Gasteiger partial charge in [0.25, 0.3) is 6.47 Å². The number of unbranched alkanes of at least 4 members (excludes halogenated alkanes) is 25. The van der Waals surface area contributed by atoms with Crippen LogP contribution in [0.1, 0.15) is 226 Å². The molecule has 0 bridgehead atoms. The molecule has 0 amide bonds. The van der Waals surface area contributed by atoms with Crippen molar-refractivity contribution in [3.63, 3.8) is 0 Å². The highest BCUT2D eigenvalue weighted by molar-refractivity contribution is 5.48. The number of rotatable bonds is 38. The first-order chi connectivity index (χ1) is 24.4. The number of aliphatic hydroxyl groups is 1. The Morgan fingerprint density at radius 1 is 0.500 bits per heavy atom. The molecule has 0 saturated carbocycles. The van der Waals surface area contributed by atoms with Crippen LogP contribution in [0.25, 0.3) is 0 Å². The molecule has 0 fully saturated rings. The molecule has 2 N–H and O–H groups in total. The summed E-state index contributed by atoms with van der Waals surface area (Å²) in [5.74, 6) is 0. The Bertz CT molecular complexity index is 619. The second-order valence-electron chi connectivity index (χ2n) is 15.2. The van der Waals surface area contributed by atoms with Gasteiger partial charge in [-0.25, -0.2) is 0 Å². The number of methoxy groups -OCH3 is 1. The van der Waals surface area contributed by atoms with Gasteiger partial charge >= 0.3 is 0 Å². The third kappa shape index (κ3) is 47.0. The van der Waals surface area contributed by atoms with Gasteiger partial charge in [-0.1, -0.05) is 168 Å². The molecule has 0 saturated heterocycles.